The van der Waals surface area contributed by atoms with Gasteiger partial charge in [0, 0.05) is 31.6 Å². The number of carboxylic acid groups (broad SMARTS) is 1. The molecule has 2 atom stereocenters. The summed E-state index contributed by atoms with van der Waals surface area (Å²) in [6.07, 6.45) is 3.32. The van der Waals surface area contributed by atoms with Gasteiger partial charge >= 0.3 is 12.0 Å². The number of hydrogen-bond donors (Lipinski definition) is 3. The summed E-state index contributed by atoms with van der Waals surface area (Å²) in [5, 5.41) is 11.4. The van der Waals surface area contributed by atoms with Crippen LogP contribution in [0.2, 0.25) is 0 Å². The Hall–Kier alpha value is -1.30. The molecule has 1 fully saturated rings. The van der Waals surface area contributed by atoms with Crippen molar-refractivity contribution in [2.45, 2.75) is 51.1 Å². The van der Waals surface area contributed by atoms with Crippen molar-refractivity contribution in [1.82, 2.24) is 10.2 Å². The highest BCUT2D eigenvalue weighted by Gasteiger charge is 2.21. The fraction of sp³-hybridized carbons (Fsp3) is 0.833. The number of carbonyl (C=O) groups is 2. The Morgan fingerprint density at radius 1 is 1.56 bits per heavy atom. The topological polar surface area (TPSA) is 95.7 Å². The largest absolute Gasteiger partial charge is 0.481 e. The molecule has 18 heavy (non-hydrogen) atoms. The molecule has 0 aliphatic carbocycles. The van der Waals surface area contributed by atoms with Gasteiger partial charge in [0.1, 0.15) is 0 Å². The van der Waals surface area contributed by atoms with Crippen LogP contribution in [0.3, 0.4) is 0 Å². The van der Waals surface area contributed by atoms with Gasteiger partial charge in [-0.2, -0.15) is 0 Å². The van der Waals surface area contributed by atoms with E-state index < -0.39 is 5.97 Å². The van der Waals surface area contributed by atoms with E-state index in [9.17, 15) is 9.59 Å². The van der Waals surface area contributed by atoms with E-state index in [4.69, 9.17) is 10.8 Å². The van der Waals surface area contributed by atoms with Crippen molar-refractivity contribution in [3.8, 4) is 0 Å². The normalized spacial score (nSPS) is 21.4. The van der Waals surface area contributed by atoms with E-state index in [-0.39, 0.29) is 24.5 Å². The van der Waals surface area contributed by atoms with E-state index in [0.29, 0.717) is 19.4 Å². The van der Waals surface area contributed by atoms with Crippen LogP contribution in [0, 0.1) is 0 Å². The predicted octanol–water partition coefficient (Wildman–Crippen LogP) is 0.763. The standard InChI is InChI=1S/C12H23N3O3/c1-9(4-2-6-11(16)17)14-12(18)15-7-3-5-10(13)8-15/h9-10H,2-8,13H2,1H3,(H,14,18)(H,16,17). The number of amides is 2. The van der Waals surface area contributed by atoms with Gasteiger partial charge < -0.3 is 21.1 Å². The molecule has 0 radical (unpaired) electrons. The summed E-state index contributed by atoms with van der Waals surface area (Å²) in [4.78, 5) is 24.0. The highest BCUT2D eigenvalue weighted by molar-refractivity contribution is 5.74. The molecule has 0 spiro atoms. The smallest absolute Gasteiger partial charge is 0.317 e. The Bertz CT molecular complexity index is 296. The first-order chi connectivity index (χ1) is 8.49. The van der Waals surface area contributed by atoms with E-state index in [1.165, 1.54) is 0 Å². The van der Waals surface area contributed by atoms with Crippen molar-refractivity contribution in [2.24, 2.45) is 5.73 Å². The zero-order chi connectivity index (χ0) is 13.5. The lowest BCUT2D eigenvalue weighted by atomic mass is 10.1. The minimum absolute atomic E-state index is 0.00463. The van der Waals surface area contributed by atoms with Gasteiger partial charge in [-0.1, -0.05) is 0 Å². The lowest BCUT2D eigenvalue weighted by molar-refractivity contribution is -0.137. The third-order valence-electron chi connectivity index (χ3n) is 3.14. The highest BCUT2D eigenvalue weighted by Crippen LogP contribution is 2.09. The number of nitrogens with two attached hydrogens (primary N) is 1. The van der Waals surface area contributed by atoms with E-state index >= 15 is 0 Å². The summed E-state index contributed by atoms with van der Waals surface area (Å²) in [6, 6.07) is -0.0187. The fourth-order valence-electron chi connectivity index (χ4n) is 2.13. The van der Waals surface area contributed by atoms with Gasteiger partial charge in [-0.25, -0.2) is 4.79 Å². The molecule has 4 N–H and O–H groups in total. The van der Waals surface area contributed by atoms with Crippen LogP contribution in [0.25, 0.3) is 0 Å². The second-order valence-electron chi connectivity index (χ2n) is 4.98. The van der Waals surface area contributed by atoms with Crippen molar-refractivity contribution in [2.75, 3.05) is 13.1 Å². The van der Waals surface area contributed by atoms with E-state index in [2.05, 4.69) is 5.32 Å². The molecule has 0 aromatic rings. The van der Waals surface area contributed by atoms with Crippen LogP contribution in [0.4, 0.5) is 4.79 Å². The number of hydrogen-bond acceptors (Lipinski definition) is 3. The number of rotatable bonds is 5. The lowest BCUT2D eigenvalue weighted by Crippen LogP contribution is -2.51. The number of piperidine rings is 1. The Balaban J connectivity index is 2.23. The van der Waals surface area contributed by atoms with E-state index in [0.717, 1.165) is 19.4 Å². The van der Waals surface area contributed by atoms with E-state index in [1.54, 1.807) is 4.90 Å². The summed E-state index contributed by atoms with van der Waals surface area (Å²) < 4.78 is 0. The summed E-state index contributed by atoms with van der Waals surface area (Å²) in [6.45, 7) is 3.25. The molecule has 1 saturated heterocycles. The van der Waals surface area contributed by atoms with Crippen LogP contribution < -0.4 is 11.1 Å². The van der Waals surface area contributed by atoms with Gasteiger partial charge in [0.25, 0.3) is 0 Å². The third kappa shape index (κ3) is 5.35. The van der Waals surface area contributed by atoms with Gasteiger partial charge in [0.2, 0.25) is 0 Å². The first-order valence-electron chi connectivity index (χ1n) is 6.52. The van der Waals surface area contributed by atoms with Gasteiger partial charge in [0.05, 0.1) is 0 Å². The average molecular weight is 257 g/mol. The third-order valence-corrected chi connectivity index (χ3v) is 3.14. The van der Waals surface area contributed by atoms with Crippen molar-refractivity contribution >= 4 is 12.0 Å². The molecule has 1 heterocycles. The number of nitrogens with one attached hydrogen (secondary N) is 1. The summed E-state index contributed by atoms with van der Waals surface area (Å²) in [5.74, 6) is -0.796. The number of urea groups is 1. The molecule has 0 saturated carbocycles. The van der Waals surface area contributed by atoms with E-state index in [1.807, 2.05) is 6.92 Å². The Morgan fingerprint density at radius 2 is 2.28 bits per heavy atom. The summed E-state index contributed by atoms with van der Waals surface area (Å²) in [7, 11) is 0. The molecule has 0 aromatic carbocycles. The van der Waals surface area contributed by atoms with Gasteiger partial charge in [-0.05, 0) is 32.6 Å². The highest BCUT2D eigenvalue weighted by atomic mass is 16.4. The molecule has 104 valence electrons. The fourth-order valence-corrected chi connectivity index (χ4v) is 2.13. The molecule has 6 nitrogen and oxygen atoms in total. The Kier molecular flexibility index (Phi) is 5.91. The first kappa shape index (κ1) is 14.8. The molecular formula is C12H23N3O3. The van der Waals surface area contributed by atoms with Crippen LogP contribution in [-0.2, 0) is 4.79 Å². The minimum Gasteiger partial charge on any atom is -0.481 e. The van der Waals surface area contributed by atoms with Crippen molar-refractivity contribution in [1.29, 1.82) is 0 Å². The zero-order valence-electron chi connectivity index (χ0n) is 10.9. The van der Waals surface area contributed by atoms with Crippen LogP contribution in [0.1, 0.15) is 39.0 Å². The van der Waals surface area contributed by atoms with Crippen LogP contribution in [-0.4, -0.2) is 47.2 Å². The molecule has 2 unspecified atom stereocenters. The average Bonchev–Trinajstić information content (AvgIpc) is 2.28. The predicted molar refractivity (Wildman–Crippen MR) is 68.3 cm³/mol. The molecule has 0 bridgehead atoms. The SMILES string of the molecule is CC(CCCC(=O)O)NC(=O)N1CCCC(N)C1. The maximum absolute atomic E-state index is 11.9. The van der Waals surface area contributed by atoms with Crippen molar-refractivity contribution in [3.05, 3.63) is 0 Å². The maximum atomic E-state index is 11.9. The lowest BCUT2D eigenvalue weighted by Gasteiger charge is -2.31. The Labute approximate surface area is 108 Å². The Morgan fingerprint density at radius 3 is 2.89 bits per heavy atom. The minimum atomic E-state index is -0.796. The number of nitrogens with zero attached hydrogens (tertiary/aromatic N) is 1. The molecule has 1 rings (SSSR count). The number of carboxylic acids is 1. The van der Waals surface area contributed by atoms with Crippen LogP contribution in [0.5, 0.6) is 0 Å². The van der Waals surface area contributed by atoms with Gasteiger partial charge in [-0.3, -0.25) is 4.79 Å². The maximum Gasteiger partial charge on any atom is 0.317 e. The second kappa shape index (κ2) is 7.20. The molecule has 6 heteroatoms. The summed E-state index contributed by atoms with van der Waals surface area (Å²) >= 11 is 0. The first-order valence-corrected chi connectivity index (χ1v) is 6.52. The number of likely N-dealkylation sites (tertiary alicyclic amines) is 1. The van der Waals surface area contributed by atoms with Crippen molar-refractivity contribution < 1.29 is 14.7 Å². The number of aliphatic carboxylic acids is 1. The monoisotopic (exact) mass is 257 g/mol. The van der Waals surface area contributed by atoms with Crippen LogP contribution in [0.15, 0.2) is 0 Å². The van der Waals surface area contributed by atoms with Crippen LogP contribution >= 0.6 is 0 Å². The van der Waals surface area contributed by atoms with Crippen molar-refractivity contribution in [3.63, 3.8) is 0 Å². The molecule has 0 aromatic heterocycles. The quantitative estimate of drug-likeness (QED) is 0.677. The molecule has 1 aliphatic heterocycles. The van der Waals surface area contributed by atoms with Gasteiger partial charge in [-0.15, -0.1) is 0 Å². The number of carbonyl (C=O) groups excluding carboxylic acids is 1. The molecule has 1 aliphatic rings. The molecule has 2 amide bonds. The second-order valence-corrected chi connectivity index (χ2v) is 4.98. The van der Waals surface area contributed by atoms with Gasteiger partial charge in [0.15, 0.2) is 0 Å². The molecular weight excluding hydrogens is 234 g/mol. The zero-order valence-corrected chi connectivity index (χ0v) is 10.9. The summed E-state index contributed by atoms with van der Waals surface area (Å²) in [5.41, 5.74) is 5.82.